The van der Waals surface area contributed by atoms with Crippen LogP contribution in [-0.4, -0.2) is 84.1 Å². The summed E-state index contributed by atoms with van der Waals surface area (Å²) >= 11 is 7.97. The second-order valence-corrected chi connectivity index (χ2v) is 21.0. The summed E-state index contributed by atoms with van der Waals surface area (Å²) in [4.78, 5) is 32.8. The second-order valence-electron chi connectivity index (χ2n) is 17.3. The van der Waals surface area contributed by atoms with Crippen LogP contribution in [0.4, 0.5) is 28.4 Å². The molecule has 1 unspecified atom stereocenters. The zero-order valence-electron chi connectivity index (χ0n) is 38.2. The highest BCUT2D eigenvalue weighted by molar-refractivity contribution is 7.99. The van der Waals surface area contributed by atoms with Gasteiger partial charge in [0, 0.05) is 88.8 Å². The minimum Gasteiger partial charge on any atom is -0.478 e. The quantitative estimate of drug-likeness (QED) is 0.0390. The standard InChI is InChI=1S/C51H55ClN7O6PS/c1-35(2)58-36(3)48(51(60)61)49(50(58)37-14-16-39(52)17-15-37)38-10-9-11-43(32-38)56-28-26-55(27-29-56)41-18-20-42(21-19-41)57-30-31-65-66(57,64)44-22-23-46(47(33-44)59(62)63)53-40(24-25-54(4)5)34-67-45-12-7-6-8-13-45/h6-23,30-33,35,40,53H,24-29,34H2,1-5H3,(H,60,61)/t40?,66-/m0/s1. The molecule has 1 aromatic heterocycles. The average Bonchev–Trinajstić information content (AvgIpc) is 3.88. The summed E-state index contributed by atoms with van der Waals surface area (Å²) in [6.07, 6.45) is 3.75. The maximum Gasteiger partial charge on any atom is 0.378 e. The van der Waals surface area contributed by atoms with Gasteiger partial charge in [0.25, 0.3) is 5.69 Å². The van der Waals surface area contributed by atoms with Gasteiger partial charge in [-0.15, -0.1) is 11.8 Å². The lowest BCUT2D eigenvalue weighted by Crippen LogP contribution is -2.46. The van der Waals surface area contributed by atoms with Crippen molar-refractivity contribution in [3.05, 3.63) is 160 Å². The minimum atomic E-state index is -3.79. The first-order valence-electron chi connectivity index (χ1n) is 22.3. The number of rotatable bonds is 17. The molecule has 0 amide bonds. The monoisotopic (exact) mass is 959 g/mol. The van der Waals surface area contributed by atoms with Crippen LogP contribution in [0.3, 0.4) is 0 Å². The largest absolute Gasteiger partial charge is 0.478 e. The number of nitro benzene ring substituents is 1. The molecule has 2 atom stereocenters. The van der Waals surface area contributed by atoms with Crippen LogP contribution in [0.5, 0.6) is 0 Å². The summed E-state index contributed by atoms with van der Waals surface area (Å²) < 4.78 is 24.2. The van der Waals surface area contributed by atoms with Crippen molar-refractivity contribution in [2.24, 2.45) is 0 Å². The van der Waals surface area contributed by atoms with Gasteiger partial charge in [-0.2, -0.15) is 0 Å². The SMILES string of the molecule is Cc1c(C(=O)O)c(-c2cccc(N3CCN(c4ccc(N5C=CO[P@@]5(=O)c5ccc(NC(CCN(C)C)CSc6ccccc6)c([N+](=O)[O-])c5)cc4)CC3)c2)c(-c2ccc(Cl)cc2)n1C(C)C. The summed E-state index contributed by atoms with van der Waals surface area (Å²) in [5, 5.41) is 27.3. The Labute approximate surface area is 401 Å². The molecule has 16 heteroatoms. The molecule has 2 aliphatic heterocycles. The number of aromatic carboxylic acids is 1. The van der Waals surface area contributed by atoms with Crippen LogP contribution in [-0.2, 0) is 9.09 Å². The number of halogens is 1. The van der Waals surface area contributed by atoms with E-state index in [4.69, 9.17) is 16.1 Å². The number of piperazine rings is 1. The number of nitro groups is 1. The molecule has 2 aliphatic rings. The van der Waals surface area contributed by atoms with Crippen LogP contribution in [0.1, 0.15) is 42.4 Å². The number of nitrogens with zero attached hydrogens (tertiary/aromatic N) is 6. The maximum atomic E-state index is 14.7. The number of carboxylic acid groups (broad SMARTS) is 1. The van der Waals surface area contributed by atoms with Gasteiger partial charge in [-0.3, -0.25) is 14.8 Å². The van der Waals surface area contributed by atoms with Crippen molar-refractivity contribution in [1.82, 2.24) is 9.47 Å². The minimum absolute atomic E-state index is 0.0172. The summed E-state index contributed by atoms with van der Waals surface area (Å²) in [5.74, 6) is -0.267. The van der Waals surface area contributed by atoms with Gasteiger partial charge >= 0.3 is 13.5 Å². The van der Waals surface area contributed by atoms with Gasteiger partial charge in [-0.1, -0.05) is 54.1 Å². The molecular weight excluding hydrogens is 905 g/mol. The zero-order chi connectivity index (χ0) is 47.4. The first-order valence-corrected chi connectivity index (χ1v) is 25.2. The third kappa shape index (κ3) is 10.2. The van der Waals surface area contributed by atoms with Crippen LogP contribution in [0.2, 0.25) is 5.02 Å². The molecule has 0 radical (unpaired) electrons. The third-order valence-corrected chi connectivity index (χ3v) is 15.9. The molecule has 1 fully saturated rings. The van der Waals surface area contributed by atoms with Gasteiger partial charge in [-0.05, 0) is 132 Å². The molecule has 0 spiro atoms. The summed E-state index contributed by atoms with van der Waals surface area (Å²) in [7, 11) is 0.217. The Morgan fingerprint density at radius 3 is 2.19 bits per heavy atom. The van der Waals surface area contributed by atoms with Crippen molar-refractivity contribution in [3.63, 3.8) is 0 Å². The normalized spacial score (nSPS) is 16.4. The van der Waals surface area contributed by atoms with E-state index in [1.165, 1.54) is 12.3 Å². The van der Waals surface area contributed by atoms with E-state index < -0.39 is 18.4 Å². The number of carbonyl (C=O) groups is 1. The van der Waals surface area contributed by atoms with Crippen LogP contribution in [0.15, 0.2) is 139 Å². The van der Waals surface area contributed by atoms with Crippen LogP contribution < -0.4 is 25.1 Å². The molecule has 0 aliphatic carbocycles. The lowest BCUT2D eigenvalue weighted by Gasteiger charge is -2.37. The molecule has 348 valence electrons. The van der Waals surface area contributed by atoms with E-state index in [2.05, 4.69) is 62.7 Å². The fourth-order valence-electron chi connectivity index (χ4n) is 8.93. The van der Waals surface area contributed by atoms with E-state index in [1.54, 1.807) is 34.8 Å². The Kier molecular flexibility index (Phi) is 14.4. The molecule has 0 bridgehead atoms. The topological polar surface area (TPSA) is 137 Å². The Bertz CT molecular complexity index is 2810. The Morgan fingerprint density at radius 1 is 0.881 bits per heavy atom. The highest BCUT2D eigenvalue weighted by Crippen LogP contribution is 2.56. The Hall–Kier alpha value is -6.18. The zero-order valence-corrected chi connectivity index (χ0v) is 40.7. The van der Waals surface area contributed by atoms with Crippen molar-refractivity contribution < 1.29 is 23.9 Å². The van der Waals surface area contributed by atoms with Crippen LogP contribution in [0.25, 0.3) is 22.4 Å². The van der Waals surface area contributed by atoms with E-state index in [1.807, 2.05) is 99.9 Å². The third-order valence-electron chi connectivity index (χ3n) is 12.2. The van der Waals surface area contributed by atoms with E-state index in [-0.39, 0.29) is 28.6 Å². The van der Waals surface area contributed by atoms with Crippen molar-refractivity contribution in [2.75, 3.05) is 72.4 Å². The summed E-state index contributed by atoms with van der Waals surface area (Å²) in [6, 6.07) is 38.1. The number of benzene rings is 5. The van der Waals surface area contributed by atoms with E-state index in [9.17, 15) is 24.6 Å². The lowest BCUT2D eigenvalue weighted by molar-refractivity contribution is -0.383. The van der Waals surface area contributed by atoms with Gasteiger partial charge in [0.05, 0.1) is 27.2 Å². The van der Waals surface area contributed by atoms with E-state index in [0.29, 0.717) is 33.4 Å². The van der Waals surface area contributed by atoms with Gasteiger partial charge in [0.15, 0.2) is 0 Å². The smallest absolute Gasteiger partial charge is 0.378 e. The van der Waals surface area contributed by atoms with E-state index in [0.717, 1.165) is 72.2 Å². The highest BCUT2D eigenvalue weighted by atomic mass is 35.5. The molecule has 0 saturated carbocycles. The average molecular weight is 961 g/mol. The van der Waals surface area contributed by atoms with Gasteiger partial charge in [0.2, 0.25) is 0 Å². The predicted molar refractivity (Wildman–Crippen MR) is 274 cm³/mol. The first kappa shape index (κ1) is 47.3. The number of aromatic nitrogens is 1. The molecule has 6 aromatic rings. The lowest BCUT2D eigenvalue weighted by atomic mass is 9.96. The molecule has 3 heterocycles. The van der Waals surface area contributed by atoms with Crippen LogP contribution in [0, 0.1) is 17.0 Å². The number of hydrogen-bond acceptors (Lipinski definition) is 10. The van der Waals surface area contributed by atoms with Crippen LogP contribution >= 0.6 is 30.9 Å². The maximum absolute atomic E-state index is 14.7. The molecule has 1 saturated heterocycles. The molecule has 5 aromatic carbocycles. The van der Waals surface area contributed by atoms with Crippen molar-refractivity contribution in [2.45, 2.75) is 44.2 Å². The Morgan fingerprint density at radius 2 is 1.55 bits per heavy atom. The number of thioether (sulfide) groups is 1. The predicted octanol–water partition coefficient (Wildman–Crippen LogP) is 11.6. The molecule has 13 nitrogen and oxygen atoms in total. The van der Waals surface area contributed by atoms with Crippen molar-refractivity contribution >= 4 is 70.6 Å². The van der Waals surface area contributed by atoms with E-state index >= 15 is 0 Å². The second kappa shape index (κ2) is 20.4. The van der Waals surface area contributed by atoms with Gasteiger partial charge < -0.3 is 34.2 Å². The number of hydrogen-bond donors (Lipinski definition) is 2. The first-order chi connectivity index (χ1) is 32.2. The molecule has 8 rings (SSSR count). The van der Waals surface area contributed by atoms with Crippen molar-refractivity contribution in [1.29, 1.82) is 0 Å². The number of carboxylic acids is 1. The fraction of sp³-hybridized carbons (Fsp3) is 0.275. The van der Waals surface area contributed by atoms with Gasteiger partial charge in [0.1, 0.15) is 11.9 Å². The number of nitrogens with one attached hydrogen (secondary N) is 1. The Balaban J connectivity index is 0.967. The van der Waals surface area contributed by atoms with Gasteiger partial charge in [-0.25, -0.2) is 9.36 Å². The van der Waals surface area contributed by atoms with Crippen molar-refractivity contribution in [3.8, 4) is 22.4 Å². The number of anilines is 4. The highest BCUT2D eigenvalue weighted by Gasteiger charge is 2.39. The molecular formula is C51H55ClN7O6PS. The summed E-state index contributed by atoms with van der Waals surface area (Å²) in [5.41, 5.74) is 7.07. The molecule has 67 heavy (non-hydrogen) atoms. The fourth-order valence-corrected chi connectivity index (χ4v) is 12.0. The molecule has 2 N–H and O–H groups in total. The summed E-state index contributed by atoms with van der Waals surface area (Å²) in [6.45, 7) is 9.73.